The molecule has 0 saturated carbocycles. The normalized spacial score (nSPS) is 23.6. The Bertz CT molecular complexity index is 1140. The lowest BCUT2D eigenvalue weighted by Crippen LogP contribution is -2.15. The van der Waals surface area contributed by atoms with Gasteiger partial charge in [0, 0.05) is 0 Å². The van der Waals surface area contributed by atoms with Crippen molar-refractivity contribution >= 4 is 31.7 Å². The van der Waals surface area contributed by atoms with Crippen molar-refractivity contribution in [1.82, 2.24) is 0 Å². The van der Waals surface area contributed by atoms with Crippen LogP contribution in [-0.2, 0) is 20.2 Å². The first-order valence-corrected chi connectivity index (χ1v) is 9.32. The van der Waals surface area contributed by atoms with Crippen LogP contribution in [0.4, 0.5) is 0 Å². The van der Waals surface area contributed by atoms with Gasteiger partial charge in [0.15, 0.2) is 10.8 Å². The van der Waals surface area contributed by atoms with E-state index in [4.69, 9.17) is 10.9 Å². The largest absolute Gasteiger partial charge is 0.339 e. The van der Waals surface area contributed by atoms with Crippen LogP contribution in [0.15, 0.2) is 72.8 Å². The number of allylic oxidation sites excluding steroid dienone is 10. The molecule has 14 heteroatoms. The standard InChI is InChI=1S/C12H8N6O6S2/c13-17-15-9-3-1-7(5-11(9)25(19,20)21)8-2-4-10(16-18-14)12(6-8)26(22,23)24/h1-6,13H,(H-,19,20,21,22,23,24)/p+1. The monoisotopic (exact) mass is 397 g/mol. The lowest BCUT2D eigenvalue weighted by molar-refractivity contribution is 0.490. The summed E-state index contributed by atoms with van der Waals surface area (Å²) in [4.78, 5) is -1.34. The molecule has 0 aromatic carbocycles. The first kappa shape index (κ1) is 19.2. The molecule has 0 fully saturated rings. The van der Waals surface area contributed by atoms with Crippen LogP contribution < -0.4 is 0 Å². The fourth-order valence-corrected chi connectivity index (χ4v) is 3.37. The topological polar surface area (TPSA) is 198 Å². The highest BCUT2D eigenvalue weighted by molar-refractivity contribution is 7.91. The second kappa shape index (κ2) is 7.01. The molecule has 0 radical (unpaired) electrons. The molecule has 3 N–H and O–H groups in total. The molecule has 2 aliphatic rings. The predicted molar refractivity (Wildman–Crippen MR) is 89.7 cm³/mol. The number of hydrogen-bond donors (Lipinski definition) is 3. The van der Waals surface area contributed by atoms with E-state index >= 15 is 0 Å². The highest BCUT2D eigenvalue weighted by Crippen LogP contribution is 2.26. The van der Waals surface area contributed by atoms with Crippen molar-refractivity contribution in [3.8, 4) is 0 Å². The second-order valence-electron chi connectivity index (χ2n) is 4.70. The Morgan fingerprint density at radius 1 is 0.885 bits per heavy atom. The Morgan fingerprint density at radius 2 is 1.35 bits per heavy atom. The molecule has 0 atom stereocenters. The molecule has 2 aliphatic carbocycles. The highest BCUT2D eigenvalue weighted by Gasteiger charge is 2.27. The zero-order chi connectivity index (χ0) is 19.5. The molecule has 0 heterocycles. The summed E-state index contributed by atoms with van der Waals surface area (Å²) in [5.74, 6) is 0. The van der Waals surface area contributed by atoms with Crippen LogP contribution in [0.3, 0.4) is 0 Å². The summed E-state index contributed by atoms with van der Waals surface area (Å²) in [6, 6.07) is 0. The first-order chi connectivity index (χ1) is 12.1. The minimum absolute atomic E-state index is 0.133. The molecule has 0 aromatic heterocycles. The minimum atomic E-state index is -4.73. The number of hydrogen-bond acceptors (Lipinski definition) is 8. The van der Waals surface area contributed by atoms with Gasteiger partial charge in [-0.3, -0.25) is 9.11 Å². The molecule has 12 nitrogen and oxygen atoms in total. The van der Waals surface area contributed by atoms with Crippen LogP contribution in [-0.4, -0.2) is 37.4 Å². The molecule has 0 unspecified atom stereocenters. The smallest absolute Gasteiger partial charge is 0.282 e. The Kier molecular flexibility index (Phi) is 5.18. The molecule has 0 amide bonds. The predicted octanol–water partition coefficient (Wildman–Crippen LogP) is 1.56. The average molecular weight is 397 g/mol. The van der Waals surface area contributed by atoms with Gasteiger partial charge in [-0.25, -0.2) is 0 Å². The van der Waals surface area contributed by atoms with Gasteiger partial charge in [-0.15, -0.1) is 5.10 Å². The van der Waals surface area contributed by atoms with Crippen LogP contribution in [0.25, 0.3) is 5.08 Å². The summed E-state index contributed by atoms with van der Waals surface area (Å²) in [5, 5.41) is 20.0. The van der Waals surface area contributed by atoms with Crippen molar-refractivity contribution in [2.75, 3.05) is 0 Å². The maximum Gasteiger partial charge on any atom is 0.339 e. The van der Waals surface area contributed by atoms with E-state index in [2.05, 4.69) is 20.5 Å². The molecule has 0 aromatic rings. The third-order valence-corrected chi connectivity index (χ3v) is 4.88. The third kappa shape index (κ3) is 4.10. The van der Waals surface area contributed by atoms with Gasteiger partial charge < -0.3 is 0 Å². The molecule has 134 valence electrons. The van der Waals surface area contributed by atoms with Gasteiger partial charge in [-0.05, 0) is 35.5 Å². The quantitative estimate of drug-likeness (QED) is 0.277. The number of rotatable bonds is 3. The van der Waals surface area contributed by atoms with E-state index in [1.54, 1.807) is 0 Å². The second-order valence-corrected chi connectivity index (χ2v) is 7.48. The van der Waals surface area contributed by atoms with Crippen molar-refractivity contribution in [2.24, 2.45) is 15.4 Å². The molecule has 0 bridgehead atoms. The van der Waals surface area contributed by atoms with E-state index in [0.29, 0.717) is 0 Å². The van der Waals surface area contributed by atoms with Crippen LogP contribution >= 0.6 is 0 Å². The molecule has 0 spiro atoms. The third-order valence-electron chi connectivity index (χ3n) is 3.12. The van der Waals surface area contributed by atoms with Crippen LogP contribution in [0.2, 0.25) is 0 Å². The van der Waals surface area contributed by atoms with Gasteiger partial charge in [0.2, 0.25) is 0 Å². The molecule has 2 rings (SSSR count). The number of nitrogens with zero attached hydrogens (tertiary/aromatic N) is 5. The molecular formula is C12H9N6O6S2+. The summed E-state index contributed by atoms with van der Waals surface area (Å²) in [5.41, 5.74) is 6.29. The summed E-state index contributed by atoms with van der Waals surface area (Å²) >= 11 is 0. The zero-order valence-electron chi connectivity index (χ0n) is 12.5. The van der Waals surface area contributed by atoms with Crippen LogP contribution in [0.5, 0.6) is 0 Å². The van der Waals surface area contributed by atoms with E-state index < -0.39 is 30.0 Å². The van der Waals surface area contributed by atoms with E-state index in [0.717, 1.165) is 24.3 Å². The minimum Gasteiger partial charge on any atom is -0.282 e. The number of diazo groups is 1. The van der Waals surface area contributed by atoms with Crippen molar-refractivity contribution in [2.45, 2.75) is 0 Å². The summed E-state index contributed by atoms with van der Waals surface area (Å²) in [6.07, 6.45) is 6.85. The molecule has 26 heavy (non-hydrogen) atoms. The van der Waals surface area contributed by atoms with E-state index in [1.807, 2.05) is 0 Å². The SMILES string of the molecule is N#[N+]N=C1C=CC(=C2C=CC(=NN=N)C(S(=O)(=O)O)=C2)C=C1S(=O)(=O)O. The summed E-state index contributed by atoms with van der Waals surface area (Å²) < 4.78 is 64.4. The Balaban J connectivity index is 2.72. The fourth-order valence-electron chi connectivity index (χ4n) is 2.07. The average Bonchev–Trinajstić information content (AvgIpc) is 2.54. The fraction of sp³-hybridized carbons (Fsp3) is 0. The van der Waals surface area contributed by atoms with E-state index in [9.17, 15) is 25.9 Å². The summed E-state index contributed by atoms with van der Waals surface area (Å²) in [6.45, 7) is 0. The van der Waals surface area contributed by atoms with Gasteiger partial charge >= 0.3 is 5.08 Å². The maximum atomic E-state index is 11.5. The van der Waals surface area contributed by atoms with Crippen molar-refractivity contribution in [3.05, 3.63) is 62.5 Å². The Morgan fingerprint density at radius 3 is 1.77 bits per heavy atom. The van der Waals surface area contributed by atoms with Crippen molar-refractivity contribution in [3.63, 3.8) is 0 Å². The maximum absolute atomic E-state index is 11.5. The van der Waals surface area contributed by atoms with E-state index in [1.165, 1.54) is 12.2 Å². The zero-order valence-corrected chi connectivity index (χ0v) is 14.2. The molecule has 0 aliphatic heterocycles. The lowest BCUT2D eigenvalue weighted by Gasteiger charge is -2.13. The van der Waals surface area contributed by atoms with Gasteiger partial charge in [0.05, 0.1) is 0 Å². The van der Waals surface area contributed by atoms with Crippen LogP contribution in [0, 0.1) is 10.9 Å². The highest BCUT2D eigenvalue weighted by atomic mass is 32.2. The summed E-state index contributed by atoms with van der Waals surface area (Å²) in [7, 11) is -9.45. The van der Waals surface area contributed by atoms with Gasteiger partial charge in [-0.2, -0.15) is 22.4 Å². The first-order valence-electron chi connectivity index (χ1n) is 6.44. The van der Waals surface area contributed by atoms with Crippen molar-refractivity contribution in [1.29, 1.82) is 10.9 Å². The van der Waals surface area contributed by atoms with Crippen molar-refractivity contribution < 1.29 is 25.9 Å². The van der Waals surface area contributed by atoms with Gasteiger partial charge in [0.1, 0.15) is 15.5 Å². The van der Waals surface area contributed by atoms with Crippen LogP contribution in [0.1, 0.15) is 0 Å². The Hall–Kier alpha value is -3.12. The molecule has 0 saturated heterocycles. The number of nitrogens with one attached hydrogen (secondary N) is 1. The van der Waals surface area contributed by atoms with E-state index in [-0.39, 0.29) is 22.6 Å². The van der Waals surface area contributed by atoms with Gasteiger partial charge in [0.25, 0.3) is 25.6 Å². The lowest BCUT2D eigenvalue weighted by atomic mass is 9.98. The van der Waals surface area contributed by atoms with Gasteiger partial charge in [-0.1, -0.05) is 17.4 Å². The Labute approximate surface area is 146 Å². The molecular weight excluding hydrogens is 388 g/mol.